The highest BCUT2D eigenvalue weighted by Gasteiger charge is 2.22. The summed E-state index contributed by atoms with van der Waals surface area (Å²) in [7, 11) is 0. The number of hydrogen-bond acceptors (Lipinski definition) is 5. The predicted octanol–water partition coefficient (Wildman–Crippen LogP) is 4.70. The number of nitrogens with zero attached hydrogens (tertiary/aromatic N) is 2. The van der Waals surface area contributed by atoms with E-state index in [-0.39, 0.29) is 35.0 Å². The van der Waals surface area contributed by atoms with Gasteiger partial charge in [-0.25, -0.2) is 14.6 Å². The van der Waals surface area contributed by atoms with Gasteiger partial charge in [0.1, 0.15) is 11.3 Å². The summed E-state index contributed by atoms with van der Waals surface area (Å²) in [6.45, 7) is 4.15. The molecule has 0 aliphatic carbocycles. The van der Waals surface area contributed by atoms with Gasteiger partial charge in [-0.1, -0.05) is 35.3 Å². The SMILES string of the molecule is CCOC(=O)c1cccc(Cc2cc(=O)c(C(=O)O)c(-c3ccc(Cl)c(Cl)c3)n2CC)n1. The first-order valence-corrected chi connectivity index (χ1v) is 10.6. The zero-order valence-electron chi connectivity index (χ0n) is 17.4. The standard InChI is InChI=1S/C23H20Cl2N2O5/c1-3-27-15(11-14-6-5-7-18(26-14)23(31)32-4-2)12-19(28)20(22(29)30)21(27)13-8-9-16(24)17(25)10-13/h5-10,12H,3-4,11H2,1-2H3,(H,29,30). The summed E-state index contributed by atoms with van der Waals surface area (Å²) in [5.74, 6) is -1.88. The van der Waals surface area contributed by atoms with Crippen LogP contribution in [0.5, 0.6) is 0 Å². The monoisotopic (exact) mass is 474 g/mol. The number of carbonyl (C=O) groups excluding carboxylic acids is 1. The number of ether oxygens (including phenoxy) is 1. The van der Waals surface area contributed by atoms with Gasteiger partial charge in [0.15, 0.2) is 5.43 Å². The van der Waals surface area contributed by atoms with Crippen molar-refractivity contribution in [2.75, 3.05) is 6.61 Å². The third-order valence-corrected chi connectivity index (χ3v) is 5.51. The van der Waals surface area contributed by atoms with Crippen LogP contribution in [0.25, 0.3) is 11.3 Å². The average molecular weight is 475 g/mol. The molecular formula is C23H20Cl2N2O5. The Morgan fingerprint density at radius 3 is 2.47 bits per heavy atom. The quantitative estimate of drug-likeness (QED) is 0.498. The van der Waals surface area contributed by atoms with Crippen LogP contribution >= 0.6 is 23.2 Å². The second-order valence-electron chi connectivity index (χ2n) is 6.81. The van der Waals surface area contributed by atoms with E-state index in [4.69, 9.17) is 27.9 Å². The van der Waals surface area contributed by atoms with E-state index in [2.05, 4.69) is 4.98 Å². The molecule has 0 atom stereocenters. The van der Waals surface area contributed by atoms with Crippen LogP contribution < -0.4 is 5.43 Å². The molecule has 0 bridgehead atoms. The van der Waals surface area contributed by atoms with E-state index in [0.29, 0.717) is 28.5 Å². The molecule has 166 valence electrons. The smallest absolute Gasteiger partial charge is 0.356 e. The number of aromatic nitrogens is 2. The Kier molecular flexibility index (Phi) is 7.33. The van der Waals surface area contributed by atoms with E-state index in [9.17, 15) is 19.5 Å². The lowest BCUT2D eigenvalue weighted by Gasteiger charge is -2.20. The topological polar surface area (TPSA) is 98.5 Å². The van der Waals surface area contributed by atoms with Crippen molar-refractivity contribution in [1.29, 1.82) is 0 Å². The predicted molar refractivity (Wildman–Crippen MR) is 122 cm³/mol. The molecule has 0 aliphatic heterocycles. The number of carboxylic acid groups (broad SMARTS) is 1. The summed E-state index contributed by atoms with van der Waals surface area (Å²) < 4.78 is 6.72. The minimum Gasteiger partial charge on any atom is -0.477 e. The third kappa shape index (κ3) is 4.84. The van der Waals surface area contributed by atoms with Gasteiger partial charge in [-0.3, -0.25) is 4.79 Å². The first-order chi connectivity index (χ1) is 15.3. The summed E-state index contributed by atoms with van der Waals surface area (Å²) in [5.41, 5.74) is 0.898. The van der Waals surface area contributed by atoms with Gasteiger partial charge < -0.3 is 14.4 Å². The van der Waals surface area contributed by atoms with Crippen molar-refractivity contribution in [2.45, 2.75) is 26.8 Å². The maximum absolute atomic E-state index is 12.8. The number of rotatable bonds is 7. The summed E-state index contributed by atoms with van der Waals surface area (Å²) in [6.07, 6.45) is 0.199. The highest BCUT2D eigenvalue weighted by molar-refractivity contribution is 6.42. The lowest BCUT2D eigenvalue weighted by molar-refractivity contribution is 0.0518. The molecule has 1 N–H and O–H groups in total. The third-order valence-electron chi connectivity index (χ3n) is 4.77. The molecule has 1 aromatic carbocycles. The molecule has 0 saturated carbocycles. The second kappa shape index (κ2) is 9.97. The number of esters is 1. The zero-order valence-corrected chi connectivity index (χ0v) is 18.9. The fraction of sp³-hybridized carbons (Fsp3) is 0.217. The minimum absolute atomic E-state index is 0.154. The van der Waals surface area contributed by atoms with E-state index >= 15 is 0 Å². The maximum Gasteiger partial charge on any atom is 0.356 e. The Morgan fingerprint density at radius 1 is 1.09 bits per heavy atom. The molecule has 0 unspecified atom stereocenters. The molecule has 3 aromatic rings. The molecule has 7 nitrogen and oxygen atoms in total. The largest absolute Gasteiger partial charge is 0.477 e. The van der Waals surface area contributed by atoms with Gasteiger partial charge in [0.05, 0.1) is 22.3 Å². The second-order valence-corrected chi connectivity index (χ2v) is 7.63. The Labute approximate surface area is 194 Å². The van der Waals surface area contributed by atoms with Crippen molar-refractivity contribution in [2.24, 2.45) is 0 Å². The van der Waals surface area contributed by atoms with Crippen LogP contribution in [0.2, 0.25) is 10.0 Å². The van der Waals surface area contributed by atoms with Crippen LogP contribution in [0.1, 0.15) is 46.1 Å². The summed E-state index contributed by atoms with van der Waals surface area (Å²) in [4.78, 5) is 41.1. The molecule has 0 amide bonds. The number of carbonyl (C=O) groups is 2. The fourth-order valence-electron chi connectivity index (χ4n) is 3.44. The lowest BCUT2D eigenvalue weighted by Crippen LogP contribution is -2.23. The summed E-state index contributed by atoms with van der Waals surface area (Å²) in [5, 5.41) is 10.3. The molecule has 0 radical (unpaired) electrons. The molecule has 0 fully saturated rings. The number of aromatic carboxylic acids is 1. The van der Waals surface area contributed by atoms with Gasteiger partial charge in [-0.05, 0) is 38.1 Å². The Morgan fingerprint density at radius 2 is 1.84 bits per heavy atom. The first-order valence-electron chi connectivity index (χ1n) is 9.85. The van der Waals surface area contributed by atoms with E-state index in [1.165, 1.54) is 12.1 Å². The van der Waals surface area contributed by atoms with Gasteiger partial charge in [-0.2, -0.15) is 0 Å². The van der Waals surface area contributed by atoms with Crippen LogP contribution in [0.3, 0.4) is 0 Å². The summed E-state index contributed by atoms with van der Waals surface area (Å²) in [6, 6.07) is 10.9. The van der Waals surface area contributed by atoms with Crippen molar-refractivity contribution < 1.29 is 19.4 Å². The van der Waals surface area contributed by atoms with Crippen LogP contribution in [0.15, 0.2) is 47.3 Å². The minimum atomic E-state index is -1.34. The average Bonchev–Trinajstić information content (AvgIpc) is 2.75. The summed E-state index contributed by atoms with van der Waals surface area (Å²) >= 11 is 12.2. The number of benzene rings is 1. The van der Waals surface area contributed by atoms with Crippen molar-refractivity contribution in [1.82, 2.24) is 9.55 Å². The molecule has 3 rings (SSSR count). The van der Waals surface area contributed by atoms with Crippen molar-refractivity contribution in [3.8, 4) is 11.3 Å². The number of pyridine rings is 2. The van der Waals surface area contributed by atoms with Gasteiger partial charge >= 0.3 is 11.9 Å². The molecule has 2 heterocycles. The van der Waals surface area contributed by atoms with Gasteiger partial charge in [0.2, 0.25) is 0 Å². The Balaban J connectivity index is 2.18. The normalized spacial score (nSPS) is 10.8. The van der Waals surface area contributed by atoms with E-state index in [1.54, 1.807) is 41.8 Å². The highest BCUT2D eigenvalue weighted by Crippen LogP contribution is 2.31. The van der Waals surface area contributed by atoms with Crippen LogP contribution in [0, 0.1) is 0 Å². The maximum atomic E-state index is 12.8. The van der Waals surface area contributed by atoms with E-state index in [0.717, 1.165) is 0 Å². The van der Waals surface area contributed by atoms with Crippen LogP contribution in [-0.2, 0) is 17.7 Å². The first kappa shape index (κ1) is 23.5. The fourth-order valence-corrected chi connectivity index (χ4v) is 3.74. The molecular weight excluding hydrogens is 455 g/mol. The van der Waals surface area contributed by atoms with Gasteiger partial charge in [-0.15, -0.1) is 0 Å². The van der Waals surface area contributed by atoms with Crippen molar-refractivity contribution in [3.63, 3.8) is 0 Å². The molecule has 0 saturated heterocycles. The van der Waals surface area contributed by atoms with Crippen LogP contribution in [0.4, 0.5) is 0 Å². The van der Waals surface area contributed by atoms with Crippen molar-refractivity contribution >= 4 is 35.1 Å². The lowest BCUT2D eigenvalue weighted by atomic mass is 10.0. The Hall–Kier alpha value is -3.16. The number of carboxylic acids is 1. The van der Waals surface area contributed by atoms with Crippen LogP contribution in [-0.4, -0.2) is 33.2 Å². The van der Waals surface area contributed by atoms with Crippen molar-refractivity contribution in [3.05, 3.63) is 85.4 Å². The van der Waals surface area contributed by atoms with Gasteiger partial charge in [0, 0.05) is 36.0 Å². The molecule has 0 spiro atoms. The number of hydrogen-bond donors (Lipinski definition) is 1. The Bertz CT molecular complexity index is 1250. The zero-order chi connectivity index (χ0) is 23.4. The van der Waals surface area contributed by atoms with E-state index in [1.807, 2.05) is 6.92 Å². The molecule has 2 aromatic heterocycles. The highest BCUT2D eigenvalue weighted by atomic mass is 35.5. The molecule has 9 heteroatoms. The van der Waals surface area contributed by atoms with Gasteiger partial charge in [0.25, 0.3) is 0 Å². The number of halogens is 2. The van der Waals surface area contributed by atoms with E-state index < -0.39 is 17.4 Å². The molecule has 32 heavy (non-hydrogen) atoms. The molecule has 0 aliphatic rings.